The van der Waals surface area contributed by atoms with Crippen molar-refractivity contribution in [2.45, 2.75) is 20.4 Å². The molecule has 0 saturated carbocycles. The average molecular weight is 339 g/mol. The molecule has 0 unspecified atom stereocenters. The smallest absolute Gasteiger partial charge is 0.141 e. The number of nitrogens with zero attached hydrogens (tertiary/aromatic N) is 3. The number of anilines is 1. The van der Waals surface area contributed by atoms with Gasteiger partial charge >= 0.3 is 0 Å². The first-order chi connectivity index (χ1) is 11.7. The Bertz CT molecular complexity index is 835. The van der Waals surface area contributed by atoms with Gasteiger partial charge in [0, 0.05) is 10.4 Å². The van der Waals surface area contributed by atoms with Crippen LogP contribution in [0.25, 0.3) is 10.2 Å². The molecule has 1 fully saturated rings. The molecule has 4 rings (SSSR count). The first-order valence-corrected chi connectivity index (χ1v) is 9.37. The second kappa shape index (κ2) is 6.49. The molecular weight excluding hydrogens is 316 g/mol. The number of rotatable bonds is 3. The largest absolute Gasteiger partial charge is 0.345 e. The Kier molecular flexibility index (Phi) is 4.21. The zero-order chi connectivity index (χ0) is 16.5. The Balaban J connectivity index is 1.50. The number of quaternary nitrogens is 1. The molecule has 2 aromatic heterocycles. The molecule has 1 aliphatic rings. The Morgan fingerprint density at radius 1 is 1.08 bits per heavy atom. The van der Waals surface area contributed by atoms with Crippen LogP contribution < -0.4 is 9.80 Å². The maximum absolute atomic E-state index is 4.63. The van der Waals surface area contributed by atoms with Crippen LogP contribution in [0, 0.1) is 13.8 Å². The molecule has 24 heavy (non-hydrogen) atoms. The van der Waals surface area contributed by atoms with Gasteiger partial charge in [0.15, 0.2) is 0 Å². The van der Waals surface area contributed by atoms with Gasteiger partial charge in [-0.15, -0.1) is 11.3 Å². The van der Waals surface area contributed by atoms with E-state index in [4.69, 9.17) is 0 Å². The van der Waals surface area contributed by atoms with Crippen LogP contribution in [0.3, 0.4) is 0 Å². The van der Waals surface area contributed by atoms with Crippen molar-refractivity contribution in [3.8, 4) is 0 Å². The lowest BCUT2D eigenvalue weighted by Gasteiger charge is -2.33. The Labute approximate surface area is 146 Å². The highest BCUT2D eigenvalue weighted by atomic mass is 32.1. The summed E-state index contributed by atoms with van der Waals surface area (Å²) in [7, 11) is 0. The highest BCUT2D eigenvalue weighted by molar-refractivity contribution is 7.18. The van der Waals surface area contributed by atoms with Gasteiger partial charge in [0.05, 0.1) is 31.6 Å². The molecule has 5 heteroatoms. The Hall–Kier alpha value is -1.98. The quantitative estimate of drug-likeness (QED) is 0.794. The summed E-state index contributed by atoms with van der Waals surface area (Å²) >= 11 is 1.78. The van der Waals surface area contributed by atoms with Crippen LogP contribution in [-0.2, 0) is 6.54 Å². The van der Waals surface area contributed by atoms with Crippen molar-refractivity contribution in [2.24, 2.45) is 0 Å². The zero-order valence-electron chi connectivity index (χ0n) is 14.2. The van der Waals surface area contributed by atoms with E-state index in [1.165, 1.54) is 21.4 Å². The summed E-state index contributed by atoms with van der Waals surface area (Å²) in [6.45, 7) is 9.91. The number of fused-ring (bicyclic) bond motifs is 1. The first kappa shape index (κ1) is 15.5. The van der Waals surface area contributed by atoms with Crippen molar-refractivity contribution < 1.29 is 4.90 Å². The second-order valence-corrected chi connectivity index (χ2v) is 7.76. The third-order valence-electron chi connectivity index (χ3n) is 5.01. The summed E-state index contributed by atoms with van der Waals surface area (Å²) in [5.41, 5.74) is 2.76. The second-order valence-electron chi connectivity index (χ2n) is 6.56. The lowest BCUT2D eigenvalue weighted by molar-refractivity contribution is -0.914. The molecular formula is C19H23N4S+. The molecule has 4 nitrogen and oxygen atoms in total. The first-order valence-electron chi connectivity index (χ1n) is 8.55. The van der Waals surface area contributed by atoms with E-state index in [0.717, 1.165) is 43.4 Å². The molecule has 0 bridgehead atoms. The topological polar surface area (TPSA) is 33.5 Å². The van der Waals surface area contributed by atoms with Crippen molar-refractivity contribution in [3.63, 3.8) is 0 Å². The lowest BCUT2D eigenvalue weighted by Crippen LogP contribution is -3.13. The minimum atomic E-state index is 1.06. The Morgan fingerprint density at radius 3 is 2.58 bits per heavy atom. The molecule has 0 atom stereocenters. The monoisotopic (exact) mass is 339 g/mol. The molecule has 1 aliphatic heterocycles. The van der Waals surface area contributed by atoms with E-state index in [1.54, 1.807) is 22.6 Å². The van der Waals surface area contributed by atoms with E-state index >= 15 is 0 Å². The number of benzene rings is 1. The van der Waals surface area contributed by atoms with Crippen LogP contribution >= 0.6 is 11.3 Å². The van der Waals surface area contributed by atoms with Gasteiger partial charge in [0.25, 0.3) is 0 Å². The standard InChI is InChI=1S/C19H22N4S/c1-14-15(2)24-19-17(14)18(20-13-21-19)23-10-8-22(9-11-23)12-16-6-4-3-5-7-16/h3-7,13H,8-12H2,1-2H3/p+1. The molecule has 1 aromatic carbocycles. The van der Waals surface area contributed by atoms with Crippen LogP contribution in [0.2, 0.25) is 0 Å². The van der Waals surface area contributed by atoms with Crippen molar-refractivity contribution in [3.05, 3.63) is 52.7 Å². The van der Waals surface area contributed by atoms with Gasteiger partial charge in [-0.25, -0.2) is 9.97 Å². The van der Waals surface area contributed by atoms with E-state index in [-0.39, 0.29) is 0 Å². The maximum Gasteiger partial charge on any atom is 0.141 e. The maximum atomic E-state index is 4.63. The van der Waals surface area contributed by atoms with E-state index in [1.807, 2.05) is 0 Å². The van der Waals surface area contributed by atoms with Gasteiger partial charge in [-0.2, -0.15) is 0 Å². The normalized spacial score (nSPS) is 16.0. The van der Waals surface area contributed by atoms with Crippen molar-refractivity contribution >= 4 is 27.4 Å². The van der Waals surface area contributed by atoms with E-state index < -0.39 is 0 Å². The zero-order valence-corrected chi connectivity index (χ0v) is 15.1. The van der Waals surface area contributed by atoms with Gasteiger partial charge in [-0.1, -0.05) is 30.3 Å². The summed E-state index contributed by atoms with van der Waals surface area (Å²) < 4.78 is 0. The predicted octanol–water partition coefficient (Wildman–Crippen LogP) is 2.21. The third-order valence-corrected chi connectivity index (χ3v) is 6.13. The highest BCUT2D eigenvalue weighted by Crippen LogP contribution is 2.34. The summed E-state index contributed by atoms with van der Waals surface area (Å²) in [6, 6.07) is 10.8. The minimum Gasteiger partial charge on any atom is -0.345 e. The summed E-state index contributed by atoms with van der Waals surface area (Å²) in [5.74, 6) is 1.13. The molecule has 3 heterocycles. The van der Waals surface area contributed by atoms with Gasteiger partial charge in [-0.3, -0.25) is 0 Å². The van der Waals surface area contributed by atoms with Gasteiger partial charge < -0.3 is 9.80 Å². The lowest BCUT2D eigenvalue weighted by atomic mass is 10.1. The Morgan fingerprint density at radius 2 is 1.83 bits per heavy atom. The third kappa shape index (κ3) is 2.89. The van der Waals surface area contributed by atoms with Crippen molar-refractivity contribution in [2.75, 3.05) is 31.1 Å². The summed E-state index contributed by atoms with van der Waals surface area (Å²) in [4.78, 5) is 15.7. The number of hydrogen-bond acceptors (Lipinski definition) is 4. The van der Waals surface area contributed by atoms with Crippen LogP contribution in [0.4, 0.5) is 5.82 Å². The molecule has 3 aromatic rings. The molecule has 124 valence electrons. The SMILES string of the molecule is Cc1sc2ncnc(N3CC[NH+](Cc4ccccc4)CC3)c2c1C. The fourth-order valence-corrected chi connectivity index (χ4v) is 4.49. The van der Waals surface area contributed by atoms with Gasteiger partial charge in [-0.05, 0) is 19.4 Å². The van der Waals surface area contributed by atoms with Crippen LogP contribution in [0.5, 0.6) is 0 Å². The van der Waals surface area contributed by atoms with Crippen molar-refractivity contribution in [1.82, 2.24) is 9.97 Å². The van der Waals surface area contributed by atoms with E-state index in [0.29, 0.717) is 0 Å². The van der Waals surface area contributed by atoms with Crippen molar-refractivity contribution in [1.29, 1.82) is 0 Å². The number of piperazine rings is 1. The molecule has 0 spiro atoms. The number of hydrogen-bond donors (Lipinski definition) is 1. The van der Waals surface area contributed by atoms with E-state index in [9.17, 15) is 0 Å². The molecule has 1 N–H and O–H groups in total. The van der Waals surface area contributed by atoms with Crippen LogP contribution in [-0.4, -0.2) is 36.1 Å². The number of aromatic nitrogens is 2. The summed E-state index contributed by atoms with van der Waals surface area (Å²) in [6.07, 6.45) is 1.72. The van der Waals surface area contributed by atoms with E-state index in [2.05, 4.69) is 59.0 Å². The highest BCUT2D eigenvalue weighted by Gasteiger charge is 2.24. The minimum absolute atomic E-state index is 1.06. The van der Waals surface area contributed by atoms with Crippen LogP contribution in [0.1, 0.15) is 16.0 Å². The number of thiophene rings is 1. The van der Waals surface area contributed by atoms with Crippen LogP contribution in [0.15, 0.2) is 36.7 Å². The predicted molar refractivity (Wildman–Crippen MR) is 99.9 cm³/mol. The summed E-state index contributed by atoms with van der Waals surface area (Å²) in [5, 5.41) is 1.26. The molecule has 0 radical (unpaired) electrons. The number of nitrogens with one attached hydrogen (secondary N) is 1. The fraction of sp³-hybridized carbons (Fsp3) is 0.368. The van der Waals surface area contributed by atoms with Gasteiger partial charge in [0.2, 0.25) is 0 Å². The number of aryl methyl sites for hydroxylation is 2. The average Bonchev–Trinajstić information content (AvgIpc) is 2.91. The molecule has 0 amide bonds. The fourth-order valence-electron chi connectivity index (χ4n) is 3.50. The van der Waals surface area contributed by atoms with Gasteiger partial charge in [0.1, 0.15) is 23.5 Å². The molecule has 1 saturated heterocycles. The molecule has 0 aliphatic carbocycles.